The summed E-state index contributed by atoms with van der Waals surface area (Å²) in [5, 5.41) is 0. The van der Waals surface area contributed by atoms with Crippen LogP contribution in [0.25, 0.3) is 0 Å². The molecular weight excluding hydrogens is 248 g/mol. The summed E-state index contributed by atoms with van der Waals surface area (Å²) >= 11 is 0. The van der Waals surface area contributed by atoms with E-state index in [9.17, 15) is 0 Å². The van der Waals surface area contributed by atoms with Gasteiger partial charge in [0, 0.05) is 19.6 Å². The fourth-order valence-corrected chi connectivity index (χ4v) is 4.10. The van der Waals surface area contributed by atoms with E-state index in [0.717, 1.165) is 25.0 Å². The molecule has 0 bridgehead atoms. The third kappa shape index (κ3) is 5.04. The molecule has 0 heterocycles. The second kappa shape index (κ2) is 9.78. The van der Waals surface area contributed by atoms with Crippen molar-refractivity contribution in [3.63, 3.8) is 0 Å². The van der Waals surface area contributed by atoms with Crippen molar-refractivity contribution in [2.45, 2.75) is 71.6 Å². The van der Waals surface area contributed by atoms with Gasteiger partial charge in [0.05, 0.1) is 13.2 Å². The third-order valence-corrected chi connectivity index (χ3v) is 5.54. The summed E-state index contributed by atoms with van der Waals surface area (Å²) in [6, 6.07) is 0. The SMILES string of the molecule is CCC(CC)CCC(COC)(COC)C1CCCCC1. The molecule has 0 radical (unpaired) electrons. The van der Waals surface area contributed by atoms with Crippen LogP contribution in [0, 0.1) is 17.3 Å². The fraction of sp³-hybridized carbons (Fsp3) is 1.00. The fourth-order valence-electron chi connectivity index (χ4n) is 4.10. The maximum absolute atomic E-state index is 5.63. The Morgan fingerprint density at radius 2 is 1.50 bits per heavy atom. The molecule has 1 aliphatic carbocycles. The number of rotatable bonds is 10. The molecule has 0 aromatic heterocycles. The first-order valence-electron chi connectivity index (χ1n) is 8.70. The van der Waals surface area contributed by atoms with Gasteiger partial charge in [-0.05, 0) is 37.5 Å². The van der Waals surface area contributed by atoms with Crippen LogP contribution in [0.1, 0.15) is 71.6 Å². The molecule has 20 heavy (non-hydrogen) atoms. The zero-order valence-corrected chi connectivity index (χ0v) is 14.2. The Morgan fingerprint density at radius 3 is 1.95 bits per heavy atom. The van der Waals surface area contributed by atoms with Crippen LogP contribution in [0.3, 0.4) is 0 Å². The Morgan fingerprint density at radius 1 is 0.950 bits per heavy atom. The van der Waals surface area contributed by atoms with E-state index in [2.05, 4.69) is 13.8 Å². The van der Waals surface area contributed by atoms with E-state index in [1.165, 1.54) is 57.8 Å². The van der Waals surface area contributed by atoms with Gasteiger partial charge in [-0.15, -0.1) is 0 Å². The Labute approximate surface area is 126 Å². The predicted molar refractivity (Wildman–Crippen MR) is 86.1 cm³/mol. The zero-order valence-electron chi connectivity index (χ0n) is 14.2. The van der Waals surface area contributed by atoms with Crippen LogP contribution in [-0.2, 0) is 9.47 Å². The summed E-state index contributed by atoms with van der Waals surface area (Å²) in [7, 11) is 3.70. The molecule has 1 aliphatic rings. The van der Waals surface area contributed by atoms with E-state index in [0.29, 0.717) is 0 Å². The summed E-state index contributed by atoms with van der Waals surface area (Å²) in [6.45, 7) is 6.38. The minimum Gasteiger partial charge on any atom is -0.384 e. The highest BCUT2D eigenvalue weighted by molar-refractivity contribution is 4.89. The highest BCUT2D eigenvalue weighted by Crippen LogP contribution is 2.43. The highest BCUT2D eigenvalue weighted by atomic mass is 16.5. The van der Waals surface area contributed by atoms with E-state index < -0.39 is 0 Å². The lowest BCUT2D eigenvalue weighted by Gasteiger charge is -2.42. The molecule has 0 atom stereocenters. The molecule has 0 aromatic carbocycles. The van der Waals surface area contributed by atoms with Gasteiger partial charge in [-0.1, -0.05) is 46.0 Å². The van der Waals surface area contributed by atoms with Gasteiger partial charge in [0.25, 0.3) is 0 Å². The summed E-state index contributed by atoms with van der Waals surface area (Å²) in [5.74, 6) is 1.66. The minimum atomic E-state index is 0.256. The molecule has 2 heteroatoms. The largest absolute Gasteiger partial charge is 0.384 e. The standard InChI is InChI=1S/C18H36O2/c1-5-16(6-2)12-13-18(14-19-3,15-20-4)17-10-8-7-9-11-17/h16-17H,5-15H2,1-4H3. The van der Waals surface area contributed by atoms with Crippen molar-refractivity contribution in [1.82, 2.24) is 0 Å². The molecule has 0 amide bonds. The lowest BCUT2D eigenvalue weighted by Crippen LogP contribution is -2.41. The van der Waals surface area contributed by atoms with Crippen LogP contribution in [0.5, 0.6) is 0 Å². The Balaban J connectivity index is 2.73. The Kier molecular flexibility index (Phi) is 8.79. The van der Waals surface area contributed by atoms with Gasteiger partial charge in [0.1, 0.15) is 0 Å². The monoisotopic (exact) mass is 284 g/mol. The zero-order chi connectivity index (χ0) is 14.8. The number of methoxy groups -OCH3 is 2. The van der Waals surface area contributed by atoms with Gasteiger partial charge >= 0.3 is 0 Å². The van der Waals surface area contributed by atoms with E-state index in [1.807, 2.05) is 14.2 Å². The van der Waals surface area contributed by atoms with Crippen LogP contribution in [0.4, 0.5) is 0 Å². The van der Waals surface area contributed by atoms with Crippen LogP contribution in [0.15, 0.2) is 0 Å². The molecule has 1 rings (SSSR count). The van der Waals surface area contributed by atoms with Crippen molar-refractivity contribution in [1.29, 1.82) is 0 Å². The first-order chi connectivity index (χ1) is 9.72. The minimum absolute atomic E-state index is 0.256. The van der Waals surface area contributed by atoms with Crippen molar-refractivity contribution < 1.29 is 9.47 Å². The molecule has 2 nitrogen and oxygen atoms in total. The summed E-state index contributed by atoms with van der Waals surface area (Å²) < 4.78 is 11.3. The highest BCUT2D eigenvalue weighted by Gasteiger charge is 2.39. The maximum atomic E-state index is 5.63. The molecule has 0 saturated heterocycles. The molecule has 0 aromatic rings. The van der Waals surface area contributed by atoms with Crippen LogP contribution in [-0.4, -0.2) is 27.4 Å². The Hall–Kier alpha value is -0.0800. The second-order valence-corrected chi connectivity index (χ2v) is 6.78. The van der Waals surface area contributed by atoms with Crippen molar-refractivity contribution in [2.24, 2.45) is 17.3 Å². The topological polar surface area (TPSA) is 18.5 Å². The quantitative estimate of drug-likeness (QED) is 0.558. The smallest absolute Gasteiger partial charge is 0.0543 e. The predicted octanol–water partition coefficient (Wildman–Crippen LogP) is 5.06. The van der Waals surface area contributed by atoms with Gasteiger partial charge in [-0.25, -0.2) is 0 Å². The van der Waals surface area contributed by atoms with Gasteiger partial charge in [0.2, 0.25) is 0 Å². The normalized spacial score (nSPS) is 17.9. The van der Waals surface area contributed by atoms with Crippen molar-refractivity contribution >= 4 is 0 Å². The summed E-state index contributed by atoms with van der Waals surface area (Å²) in [6.07, 6.45) is 12.1. The molecule has 0 aliphatic heterocycles. The molecule has 120 valence electrons. The Bertz CT molecular complexity index is 224. The lowest BCUT2D eigenvalue weighted by molar-refractivity contribution is -0.0498. The molecule has 0 unspecified atom stereocenters. The average Bonchev–Trinajstić information content (AvgIpc) is 2.49. The van der Waals surface area contributed by atoms with Crippen molar-refractivity contribution in [2.75, 3.05) is 27.4 Å². The second-order valence-electron chi connectivity index (χ2n) is 6.78. The molecule has 1 saturated carbocycles. The third-order valence-electron chi connectivity index (χ3n) is 5.54. The number of hydrogen-bond acceptors (Lipinski definition) is 2. The van der Waals surface area contributed by atoms with Crippen LogP contribution < -0.4 is 0 Å². The van der Waals surface area contributed by atoms with E-state index in [1.54, 1.807) is 0 Å². The van der Waals surface area contributed by atoms with Gasteiger partial charge < -0.3 is 9.47 Å². The average molecular weight is 284 g/mol. The van der Waals surface area contributed by atoms with Crippen LogP contribution >= 0.6 is 0 Å². The summed E-state index contributed by atoms with van der Waals surface area (Å²) in [5.41, 5.74) is 0.256. The lowest BCUT2D eigenvalue weighted by atomic mass is 9.66. The first kappa shape index (κ1) is 18.0. The molecule has 0 spiro atoms. The number of hydrogen-bond donors (Lipinski definition) is 0. The van der Waals surface area contributed by atoms with Gasteiger partial charge in [0.15, 0.2) is 0 Å². The number of ether oxygens (including phenoxy) is 2. The van der Waals surface area contributed by atoms with E-state index >= 15 is 0 Å². The van der Waals surface area contributed by atoms with Crippen molar-refractivity contribution in [3.05, 3.63) is 0 Å². The molecular formula is C18H36O2. The van der Waals surface area contributed by atoms with Crippen LogP contribution in [0.2, 0.25) is 0 Å². The van der Waals surface area contributed by atoms with Gasteiger partial charge in [-0.3, -0.25) is 0 Å². The maximum Gasteiger partial charge on any atom is 0.0543 e. The molecule has 1 fully saturated rings. The van der Waals surface area contributed by atoms with E-state index in [-0.39, 0.29) is 5.41 Å². The molecule has 0 N–H and O–H groups in total. The van der Waals surface area contributed by atoms with Crippen molar-refractivity contribution in [3.8, 4) is 0 Å². The first-order valence-corrected chi connectivity index (χ1v) is 8.70. The summed E-state index contributed by atoms with van der Waals surface area (Å²) in [4.78, 5) is 0. The van der Waals surface area contributed by atoms with E-state index in [4.69, 9.17) is 9.47 Å². The van der Waals surface area contributed by atoms with Gasteiger partial charge in [-0.2, -0.15) is 0 Å².